The Morgan fingerprint density at radius 3 is 2.90 bits per heavy atom. The van der Waals surface area contributed by atoms with Gasteiger partial charge in [-0.25, -0.2) is 4.98 Å². The van der Waals surface area contributed by atoms with Gasteiger partial charge in [-0.15, -0.1) is 11.3 Å². The van der Waals surface area contributed by atoms with E-state index in [1.54, 1.807) is 11.3 Å². The zero-order valence-electron chi connectivity index (χ0n) is 11.0. The van der Waals surface area contributed by atoms with Crippen LogP contribution in [0.3, 0.4) is 0 Å². The van der Waals surface area contributed by atoms with Crippen molar-refractivity contribution in [2.45, 2.75) is 12.8 Å². The summed E-state index contributed by atoms with van der Waals surface area (Å²) < 4.78 is 1.25. The highest BCUT2D eigenvalue weighted by atomic mass is 32.1. The Morgan fingerprint density at radius 2 is 2.00 bits per heavy atom. The highest BCUT2D eigenvalue weighted by Gasteiger charge is 2.16. The van der Waals surface area contributed by atoms with E-state index in [4.69, 9.17) is 5.73 Å². The average Bonchev–Trinajstić information content (AvgIpc) is 3.02. The molecule has 0 unspecified atom stereocenters. The molecule has 98 valence electrons. The Labute approximate surface area is 121 Å². The summed E-state index contributed by atoms with van der Waals surface area (Å²) >= 11 is 1.75. The number of anilines is 1. The first-order valence-electron chi connectivity index (χ1n) is 6.74. The van der Waals surface area contributed by atoms with E-state index in [0.717, 1.165) is 29.1 Å². The van der Waals surface area contributed by atoms with Crippen LogP contribution in [0, 0.1) is 0 Å². The molecule has 0 aliphatic heterocycles. The Hall–Kier alpha value is -2.13. The lowest BCUT2D eigenvalue weighted by atomic mass is 10.1. The molecular formula is C17H14N2S. The first-order valence-corrected chi connectivity index (χ1v) is 7.56. The maximum absolute atomic E-state index is 5.85. The number of aryl methyl sites for hydroxylation is 1. The minimum atomic E-state index is 0.852. The van der Waals surface area contributed by atoms with Gasteiger partial charge < -0.3 is 5.73 Å². The second kappa shape index (κ2) is 4.46. The summed E-state index contributed by atoms with van der Waals surface area (Å²) in [6, 6.07) is 14.5. The minimum absolute atomic E-state index is 0.852. The lowest BCUT2D eigenvalue weighted by Gasteiger charge is -2.01. The maximum atomic E-state index is 5.85. The molecule has 2 aromatic carbocycles. The third kappa shape index (κ3) is 1.91. The molecule has 0 saturated heterocycles. The predicted octanol–water partition coefficient (Wildman–Crippen LogP) is 4.37. The van der Waals surface area contributed by atoms with E-state index < -0.39 is 0 Å². The van der Waals surface area contributed by atoms with Crippen molar-refractivity contribution in [3.05, 3.63) is 58.6 Å². The van der Waals surface area contributed by atoms with Gasteiger partial charge in [0.05, 0.1) is 10.2 Å². The molecule has 1 aromatic heterocycles. The molecule has 1 aliphatic rings. The van der Waals surface area contributed by atoms with Crippen molar-refractivity contribution in [1.29, 1.82) is 0 Å². The summed E-state index contributed by atoms with van der Waals surface area (Å²) in [4.78, 5) is 4.68. The standard InChI is InChI=1S/C17H14N2S/c18-13-7-8-14-11(9-13)5-6-12(14)10-17-19-15-3-1-2-4-16(15)20-17/h1-4,7-10H,5-6,18H2/b12-10+. The molecule has 3 aromatic rings. The topological polar surface area (TPSA) is 38.9 Å². The van der Waals surface area contributed by atoms with Gasteiger partial charge in [-0.1, -0.05) is 18.2 Å². The van der Waals surface area contributed by atoms with Crippen molar-refractivity contribution in [3.8, 4) is 0 Å². The smallest absolute Gasteiger partial charge is 0.117 e. The van der Waals surface area contributed by atoms with Crippen LogP contribution in [0.4, 0.5) is 5.69 Å². The number of nitrogen functional groups attached to an aromatic ring is 1. The highest BCUT2D eigenvalue weighted by Crippen LogP contribution is 2.35. The average molecular weight is 278 g/mol. The number of rotatable bonds is 1. The van der Waals surface area contributed by atoms with Crippen molar-refractivity contribution in [1.82, 2.24) is 4.98 Å². The fraction of sp³-hybridized carbons (Fsp3) is 0.118. The van der Waals surface area contributed by atoms with Crippen LogP contribution >= 0.6 is 11.3 Å². The molecule has 0 bridgehead atoms. The van der Waals surface area contributed by atoms with E-state index in [9.17, 15) is 0 Å². The van der Waals surface area contributed by atoms with Gasteiger partial charge in [0.25, 0.3) is 0 Å². The van der Waals surface area contributed by atoms with Gasteiger partial charge in [0, 0.05) is 5.69 Å². The summed E-state index contributed by atoms with van der Waals surface area (Å²) in [5, 5.41) is 1.09. The van der Waals surface area contributed by atoms with E-state index in [2.05, 4.69) is 41.4 Å². The zero-order chi connectivity index (χ0) is 13.5. The fourth-order valence-corrected chi connectivity index (χ4v) is 3.72. The largest absolute Gasteiger partial charge is 0.399 e. The minimum Gasteiger partial charge on any atom is -0.399 e. The SMILES string of the molecule is Nc1ccc2c(c1)CC/C2=C\c1nc2ccccc2s1. The molecule has 1 heterocycles. The quantitative estimate of drug-likeness (QED) is 0.671. The lowest BCUT2D eigenvalue weighted by Crippen LogP contribution is -1.87. The van der Waals surface area contributed by atoms with Crippen LogP contribution in [-0.2, 0) is 6.42 Å². The van der Waals surface area contributed by atoms with Crippen molar-refractivity contribution in [2.24, 2.45) is 0 Å². The molecule has 1 aliphatic carbocycles. The first kappa shape index (κ1) is 11.7. The van der Waals surface area contributed by atoms with Crippen LogP contribution in [0.5, 0.6) is 0 Å². The number of benzene rings is 2. The number of hydrogen-bond donors (Lipinski definition) is 1. The van der Waals surface area contributed by atoms with Crippen molar-refractivity contribution in [2.75, 3.05) is 5.73 Å². The van der Waals surface area contributed by atoms with Gasteiger partial charge >= 0.3 is 0 Å². The fourth-order valence-electron chi connectivity index (χ4n) is 2.79. The molecule has 0 radical (unpaired) electrons. The highest BCUT2D eigenvalue weighted by molar-refractivity contribution is 7.19. The normalized spacial score (nSPS) is 15.9. The first-order chi connectivity index (χ1) is 9.79. The molecule has 2 nitrogen and oxygen atoms in total. The summed E-state index contributed by atoms with van der Waals surface area (Å²) in [6.45, 7) is 0. The van der Waals surface area contributed by atoms with Crippen LogP contribution in [0.2, 0.25) is 0 Å². The maximum Gasteiger partial charge on any atom is 0.117 e. The Morgan fingerprint density at radius 1 is 1.10 bits per heavy atom. The molecule has 0 amide bonds. The summed E-state index contributed by atoms with van der Waals surface area (Å²) in [7, 11) is 0. The number of para-hydroxylation sites is 1. The molecule has 0 fully saturated rings. The van der Waals surface area contributed by atoms with E-state index in [0.29, 0.717) is 0 Å². The molecule has 0 spiro atoms. The van der Waals surface area contributed by atoms with Crippen LogP contribution in [0.15, 0.2) is 42.5 Å². The Balaban J connectivity index is 1.78. The molecule has 4 rings (SSSR count). The predicted molar refractivity (Wildman–Crippen MR) is 86.7 cm³/mol. The number of nitrogens with zero attached hydrogens (tertiary/aromatic N) is 1. The second-order valence-corrected chi connectivity index (χ2v) is 6.17. The Bertz CT molecular complexity index is 797. The Kier molecular flexibility index (Phi) is 2.60. The van der Waals surface area contributed by atoms with Gasteiger partial charge in [-0.05, 0) is 59.9 Å². The number of nitrogens with two attached hydrogens (primary N) is 1. The van der Waals surface area contributed by atoms with E-state index >= 15 is 0 Å². The van der Waals surface area contributed by atoms with Crippen molar-refractivity contribution < 1.29 is 0 Å². The second-order valence-electron chi connectivity index (χ2n) is 5.11. The van der Waals surface area contributed by atoms with Crippen molar-refractivity contribution >= 4 is 38.9 Å². The summed E-state index contributed by atoms with van der Waals surface area (Å²) in [6.07, 6.45) is 4.39. The monoisotopic (exact) mass is 278 g/mol. The van der Waals surface area contributed by atoms with E-state index in [1.165, 1.54) is 21.4 Å². The number of allylic oxidation sites excluding steroid dienone is 1. The van der Waals surface area contributed by atoms with Gasteiger partial charge in [0.15, 0.2) is 0 Å². The van der Waals surface area contributed by atoms with Gasteiger partial charge in [-0.2, -0.15) is 0 Å². The lowest BCUT2D eigenvalue weighted by molar-refractivity contribution is 1.08. The molecule has 0 saturated carbocycles. The van der Waals surface area contributed by atoms with Gasteiger partial charge in [-0.3, -0.25) is 0 Å². The van der Waals surface area contributed by atoms with Crippen LogP contribution < -0.4 is 5.73 Å². The summed E-state index contributed by atoms with van der Waals surface area (Å²) in [5.41, 5.74) is 11.8. The number of thiazole rings is 1. The molecular weight excluding hydrogens is 264 g/mol. The number of aromatic nitrogens is 1. The van der Waals surface area contributed by atoms with Crippen LogP contribution in [0.1, 0.15) is 22.6 Å². The third-order valence-electron chi connectivity index (χ3n) is 3.75. The number of fused-ring (bicyclic) bond motifs is 2. The molecule has 0 atom stereocenters. The summed E-state index contributed by atoms with van der Waals surface area (Å²) in [5.74, 6) is 0. The van der Waals surface area contributed by atoms with Gasteiger partial charge in [0.1, 0.15) is 5.01 Å². The van der Waals surface area contributed by atoms with Gasteiger partial charge in [0.2, 0.25) is 0 Å². The van der Waals surface area contributed by atoms with Crippen LogP contribution in [0.25, 0.3) is 21.9 Å². The van der Waals surface area contributed by atoms with E-state index in [1.807, 2.05) is 12.1 Å². The molecule has 3 heteroatoms. The zero-order valence-corrected chi connectivity index (χ0v) is 11.8. The van der Waals surface area contributed by atoms with Crippen LogP contribution in [-0.4, -0.2) is 4.98 Å². The third-order valence-corrected chi connectivity index (χ3v) is 4.73. The molecule has 20 heavy (non-hydrogen) atoms. The van der Waals surface area contributed by atoms with E-state index in [-0.39, 0.29) is 0 Å². The number of hydrogen-bond acceptors (Lipinski definition) is 3. The molecule has 2 N–H and O–H groups in total. The van der Waals surface area contributed by atoms with Crippen molar-refractivity contribution in [3.63, 3.8) is 0 Å².